The quantitative estimate of drug-likeness (QED) is 0.848. The van der Waals surface area contributed by atoms with Gasteiger partial charge in [-0.15, -0.1) is 11.3 Å². The Balaban J connectivity index is 1.95. The van der Waals surface area contributed by atoms with Crippen molar-refractivity contribution in [3.8, 4) is 0 Å². The maximum Gasteiger partial charge on any atom is 0.0794 e. The summed E-state index contributed by atoms with van der Waals surface area (Å²) in [4.78, 5) is 5.69. The van der Waals surface area contributed by atoms with Crippen molar-refractivity contribution in [3.63, 3.8) is 0 Å². The Morgan fingerprint density at radius 1 is 1.39 bits per heavy atom. The number of hydrogen-bond acceptors (Lipinski definition) is 3. The molecule has 0 amide bonds. The van der Waals surface area contributed by atoms with Crippen LogP contribution in [0.4, 0.5) is 0 Å². The van der Waals surface area contributed by atoms with Gasteiger partial charge in [-0.3, -0.25) is 4.98 Å². The predicted molar refractivity (Wildman–Crippen MR) is 79.0 cm³/mol. The standard InChI is InChI=1S/C15H26N2S/c1-3-4-12-5-6-13(9-16-2)14(7-12)8-15-10-17-11-18-15/h10-14,16H,3-9H2,1-2H3. The molecule has 3 unspecified atom stereocenters. The van der Waals surface area contributed by atoms with Gasteiger partial charge in [-0.05, 0) is 50.6 Å². The molecule has 0 aromatic carbocycles. The predicted octanol–water partition coefficient (Wildman–Crippen LogP) is 3.74. The summed E-state index contributed by atoms with van der Waals surface area (Å²) in [5.74, 6) is 2.70. The summed E-state index contributed by atoms with van der Waals surface area (Å²) in [6.45, 7) is 3.50. The first-order valence-corrected chi connectivity index (χ1v) is 8.23. The highest BCUT2D eigenvalue weighted by molar-refractivity contribution is 7.09. The molecule has 18 heavy (non-hydrogen) atoms. The van der Waals surface area contributed by atoms with Crippen LogP contribution in [-0.2, 0) is 6.42 Å². The molecule has 1 aliphatic carbocycles. The Hall–Kier alpha value is -0.410. The van der Waals surface area contributed by atoms with E-state index in [4.69, 9.17) is 0 Å². The molecule has 0 bridgehead atoms. The van der Waals surface area contributed by atoms with Crippen molar-refractivity contribution in [1.82, 2.24) is 10.3 Å². The minimum atomic E-state index is 0.864. The van der Waals surface area contributed by atoms with Crippen molar-refractivity contribution in [2.75, 3.05) is 13.6 Å². The SMILES string of the molecule is CCCC1CCC(CNC)C(Cc2cncs2)C1. The summed E-state index contributed by atoms with van der Waals surface area (Å²) >= 11 is 1.82. The number of thiazole rings is 1. The number of aromatic nitrogens is 1. The Bertz CT molecular complexity index is 323. The molecule has 2 nitrogen and oxygen atoms in total. The maximum atomic E-state index is 4.22. The summed E-state index contributed by atoms with van der Waals surface area (Å²) in [7, 11) is 2.09. The third-order valence-corrected chi connectivity index (χ3v) is 5.16. The maximum absolute atomic E-state index is 4.22. The highest BCUT2D eigenvalue weighted by Crippen LogP contribution is 2.38. The molecule has 102 valence electrons. The van der Waals surface area contributed by atoms with E-state index in [1.165, 1.54) is 49.9 Å². The molecule has 0 spiro atoms. The van der Waals surface area contributed by atoms with E-state index in [9.17, 15) is 0 Å². The Morgan fingerprint density at radius 3 is 2.94 bits per heavy atom. The first kappa shape index (κ1) is 14.0. The minimum Gasteiger partial charge on any atom is -0.319 e. The van der Waals surface area contributed by atoms with Gasteiger partial charge in [0, 0.05) is 11.1 Å². The lowest BCUT2D eigenvalue weighted by Gasteiger charge is -2.36. The third-order valence-electron chi connectivity index (χ3n) is 4.36. The van der Waals surface area contributed by atoms with Gasteiger partial charge in [0.1, 0.15) is 0 Å². The van der Waals surface area contributed by atoms with Crippen LogP contribution in [-0.4, -0.2) is 18.6 Å². The van der Waals surface area contributed by atoms with Gasteiger partial charge in [-0.25, -0.2) is 0 Å². The molecule has 1 fully saturated rings. The molecule has 1 aliphatic rings. The topological polar surface area (TPSA) is 24.9 Å². The normalized spacial score (nSPS) is 28.4. The van der Waals surface area contributed by atoms with Crippen LogP contribution < -0.4 is 5.32 Å². The third kappa shape index (κ3) is 3.79. The fraction of sp³-hybridized carbons (Fsp3) is 0.800. The second-order valence-electron chi connectivity index (χ2n) is 5.72. The molecule has 3 atom stereocenters. The van der Waals surface area contributed by atoms with Gasteiger partial charge < -0.3 is 5.32 Å². The van der Waals surface area contributed by atoms with Gasteiger partial charge in [-0.1, -0.05) is 26.2 Å². The van der Waals surface area contributed by atoms with Crippen LogP contribution in [0.25, 0.3) is 0 Å². The minimum absolute atomic E-state index is 0.864. The zero-order valence-electron chi connectivity index (χ0n) is 11.7. The van der Waals surface area contributed by atoms with E-state index in [0.717, 1.165) is 17.8 Å². The van der Waals surface area contributed by atoms with Crippen molar-refractivity contribution in [2.24, 2.45) is 17.8 Å². The molecular weight excluding hydrogens is 240 g/mol. The largest absolute Gasteiger partial charge is 0.319 e. The lowest BCUT2D eigenvalue weighted by atomic mass is 9.71. The summed E-state index contributed by atoms with van der Waals surface area (Å²) in [5.41, 5.74) is 1.97. The van der Waals surface area contributed by atoms with Crippen molar-refractivity contribution >= 4 is 11.3 Å². The number of nitrogens with zero attached hydrogens (tertiary/aromatic N) is 1. The van der Waals surface area contributed by atoms with Gasteiger partial charge in [0.25, 0.3) is 0 Å². The second-order valence-corrected chi connectivity index (χ2v) is 6.69. The first-order valence-electron chi connectivity index (χ1n) is 7.35. The van der Waals surface area contributed by atoms with E-state index in [1.807, 2.05) is 16.8 Å². The fourth-order valence-electron chi connectivity index (χ4n) is 3.48. The summed E-state index contributed by atoms with van der Waals surface area (Å²) in [6, 6.07) is 0. The number of rotatable bonds is 6. The fourth-order valence-corrected chi connectivity index (χ4v) is 4.17. The molecule has 1 aromatic heterocycles. The van der Waals surface area contributed by atoms with Crippen molar-refractivity contribution in [2.45, 2.75) is 45.4 Å². The lowest BCUT2D eigenvalue weighted by molar-refractivity contribution is 0.170. The van der Waals surface area contributed by atoms with E-state index in [1.54, 1.807) is 0 Å². The van der Waals surface area contributed by atoms with Gasteiger partial charge in [-0.2, -0.15) is 0 Å². The molecule has 1 N–H and O–H groups in total. The number of nitrogens with one attached hydrogen (secondary N) is 1. The molecule has 3 heteroatoms. The smallest absolute Gasteiger partial charge is 0.0794 e. The average Bonchev–Trinajstić information content (AvgIpc) is 2.86. The summed E-state index contributed by atoms with van der Waals surface area (Å²) in [5, 5.41) is 3.38. The van der Waals surface area contributed by atoms with E-state index < -0.39 is 0 Å². The van der Waals surface area contributed by atoms with Gasteiger partial charge in [0.2, 0.25) is 0 Å². The second kappa shape index (κ2) is 7.25. The van der Waals surface area contributed by atoms with Gasteiger partial charge in [0.15, 0.2) is 0 Å². The van der Waals surface area contributed by atoms with E-state index in [-0.39, 0.29) is 0 Å². The molecule has 0 radical (unpaired) electrons. The Labute approximate surface area is 115 Å². The highest BCUT2D eigenvalue weighted by atomic mass is 32.1. The molecule has 1 heterocycles. The zero-order chi connectivity index (χ0) is 12.8. The number of hydrogen-bond donors (Lipinski definition) is 1. The molecule has 1 saturated carbocycles. The Morgan fingerprint density at radius 2 is 2.28 bits per heavy atom. The van der Waals surface area contributed by atoms with Crippen LogP contribution in [0.3, 0.4) is 0 Å². The first-order chi connectivity index (χ1) is 8.83. The van der Waals surface area contributed by atoms with E-state index in [0.29, 0.717) is 0 Å². The molecule has 1 aromatic rings. The molecule has 0 aliphatic heterocycles. The summed E-state index contributed by atoms with van der Waals surface area (Å²) in [6.07, 6.45) is 10.4. The average molecular weight is 266 g/mol. The summed E-state index contributed by atoms with van der Waals surface area (Å²) < 4.78 is 0. The molecule has 2 rings (SSSR count). The van der Waals surface area contributed by atoms with Crippen LogP contribution in [0.15, 0.2) is 11.7 Å². The lowest BCUT2D eigenvalue weighted by Crippen LogP contribution is -2.33. The van der Waals surface area contributed by atoms with Crippen molar-refractivity contribution in [3.05, 3.63) is 16.6 Å². The van der Waals surface area contributed by atoms with Gasteiger partial charge in [0.05, 0.1) is 5.51 Å². The van der Waals surface area contributed by atoms with E-state index >= 15 is 0 Å². The van der Waals surface area contributed by atoms with Crippen LogP contribution in [0, 0.1) is 17.8 Å². The monoisotopic (exact) mass is 266 g/mol. The van der Waals surface area contributed by atoms with E-state index in [2.05, 4.69) is 30.5 Å². The Kier molecular flexibility index (Phi) is 5.64. The van der Waals surface area contributed by atoms with Gasteiger partial charge >= 0.3 is 0 Å². The zero-order valence-corrected chi connectivity index (χ0v) is 12.5. The van der Waals surface area contributed by atoms with Crippen LogP contribution >= 0.6 is 11.3 Å². The van der Waals surface area contributed by atoms with Crippen LogP contribution in [0.2, 0.25) is 0 Å². The van der Waals surface area contributed by atoms with Crippen molar-refractivity contribution < 1.29 is 0 Å². The van der Waals surface area contributed by atoms with Crippen molar-refractivity contribution in [1.29, 1.82) is 0 Å². The highest BCUT2D eigenvalue weighted by Gasteiger charge is 2.29. The molecular formula is C15H26N2S. The van der Waals surface area contributed by atoms with Crippen LogP contribution in [0.1, 0.15) is 43.9 Å². The molecule has 0 saturated heterocycles. The van der Waals surface area contributed by atoms with Crippen LogP contribution in [0.5, 0.6) is 0 Å².